The van der Waals surface area contributed by atoms with Crippen LogP contribution in [0.4, 0.5) is 0 Å². The highest BCUT2D eigenvalue weighted by Crippen LogP contribution is 2.39. The van der Waals surface area contributed by atoms with Crippen LogP contribution in [0.15, 0.2) is 21.2 Å². The zero-order valence-corrected chi connectivity index (χ0v) is 12.4. The standard InChI is InChI=1S/C13H16BrNO4/c1-7(2)15-11(16)6-3-8(13(17)18)12(15)9-4-5-10(14)19-9/h4-5,7-8,12H,3,6H2,1-2H3,(H,17,18). The predicted molar refractivity (Wildman–Crippen MR) is 71.5 cm³/mol. The van der Waals surface area contributed by atoms with Crippen molar-refractivity contribution in [2.45, 2.75) is 38.8 Å². The molecule has 0 aliphatic carbocycles. The van der Waals surface area contributed by atoms with Crippen LogP contribution in [0.25, 0.3) is 0 Å². The molecule has 1 saturated heterocycles. The van der Waals surface area contributed by atoms with Gasteiger partial charge in [-0.3, -0.25) is 9.59 Å². The Hall–Kier alpha value is -1.30. The highest BCUT2D eigenvalue weighted by atomic mass is 79.9. The lowest BCUT2D eigenvalue weighted by atomic mass is 9.86. The van der Waals surface area contributed by atoms with Gasteiger partial charge in [0.1, 0.15) is 11.8 Å². The van der Waals surface area contributed by atoms with E-state index in [1.165, 1.54) is 0 Å². The molecule has 0 saturated carbocycles. The molecule has 0 aromatic carbocycles. The van der Waals surface area contributed by atoms with Crippen LogP contribution in [0, 0.1) is 5.92 Å². The third kappa shape index (κ3) is 2.68. The molecule has 2 unspecified atom stereocenters. The van der Waals surface area contributed by atoms with Crippen molar-refractivity contribution in [2.75, 3.05) is 0 Å². The number of amides is 1. The van der Waals surface area contributed by atoms with Crippen LogP contribution in [-0.4, -0.2) is 27.9 Å². The summed E-state index contributed by atoms with van der Waals surface area (Å²) in [6.45, 7) is 3.76. The number of rotatable bonds is 3. The van der Waals surface area contributed by atoms with Crippen molar-refractivity contribution in [1.82, 2.24) is 4.90 Å². The van der Waals surface area contributed by atoms with E-state index in [9.17, 15) is 14.7 Å². The summed E-state index contributed by atoms with van der Waals surface area (Å²) in [5, 5.41) is 9.37. The number of piperidine rings is 1. The maximum absolute atomic E-state index is 12.1. The smallest absolute Gasteiger partial charge is 0.309 e. The van der Waals surface area contributed by atoms with Gasteiger partial charge in [0, 0.05) is 12.5 Å². The molecule has 1 aliphatic heterocycles. The minimum Gasteiger partial charge on any atom is -0.481 e. The summed E-state index contributed by atoms with van der Waals surface area (Å²) in [7, 11) is 0. The topological polar surface area (TPSA) is 70.8 Å². The summed E-state index contributed by atoms with van der Waals surface area (Å²) in [5.41, 5.74) is 0. The number of carbonyl (C=O) groups excluding carboxylic acids is 1. The molecule has 2 rings (SSSR count). The van der Waals surface area contributed by atoms with E-state index in [1.54, 1.807) is 17.0 Å². The molecule has 1 aromatic rings. The Morgan fingerprint density at radius 1 is 1.53 bits per heavy atom. The van der Waals surface area contributed by atoms with Gasteiger partial charge in [-0.15, -0.1) is 0 Å². The van der Waals surface area contributed by atoms with E-state index in [0.717, 1.165) is 0 Å². The SMILES string of the molecule is CC(C)N1C(=O)CCC(C(=O)O)C1c1ccc(Br)o1. The van der Waals surface area contributed by atoms with Crippen molar-refractivity contribution in [3.63, 3.8) is 0 Å². The molecule has 1 amide bonds. The fourth-order valence-electron chi connectivity index (χ4n) is 2.61. The van der Waals surface area contributed by atoms with Gasteiger partial charge in [-0.2, -0.15) is 0 Å². The second-order valence-corrected chi connectivity index (χ2v) is 5.75. The normalized spacial score (nSPS) is 24.0. The molecule has 2 atom stereocenters. The Morgan fingerprint density at radius 3 is 2.68 bits per heavy atom. The Labute approximate surface area is 119 Å². The highest BCUT2D eigenvalue weighted by molar-refractivity contribution is 9.10. The number of aliphatic carboxylic acids is 1. The average Bonchev–Trinajstić information content (AvgIpc) is 2.74. The summed E-state index contributed by atoms with van der Waals surface area (Å²) < 4.78 is 6.03. The number of carbonyl (C=O) groups is 2. The van der Waals surface area contributed by atoms with E-state index < -0.39 is 17.9 Å². The molecule has 5 nitrogen and oxygen atoms in total. The van der Waals surface area contributed by atoms with Gasteiger partial charge >= 0.3 is 5.97 Å². The van der Waals surface area contributed by atoms with Crippen molar-refractivity contribution in [2.24, 2.45) is 5.92 Å². The lowest BCUT2D eigenvalue weighted by Crippen LogP contribution is -2.48. The predicted octanol–water partition coefficient (Wildman–Crippen LogP) is 2.81. The Kier molecular flexibility index (Phi) is 3.99. The lowest BCUT2D eigenvalue weighted by molar-refractivity contribution is -0.154. The van der Waals surface area contributed by atoms with Crippen LogP contribution in [0.5, 0.6) is 0 Å². The summed E-state index contributed by atoms with van der Waals surface area (Å²) in [6, 6.07) is 2.83. The summed E-state index contributed by atoms with van der Waals surface area (Å²) >= 11 is 3.21. The van der Waals surface area contributed by atoms with Crippen LogP contribution in [0.1, 0.15) is 38.5 Å². The van der Waals surface area contributed by atoms with Gasteiger partial charge in [0.05, 0.1) is 5.92 Å². The average molecular weight is 330 g/mol. The number of hydrogen-bond acceptors (Lipinski definition) is 3. The first kappa shape index (κ1) is 14.1. The van der Waals surface area contributed by atoms with Gasteiger partial charge in [0.25, 0.3) is 0 Å². The van der Waals surface area contributed by atoms with E-state index in [2.05, 4.69) is 15.9 Å². The fourth-order valence-corrected chi connectivity index (χ4v) is 2.92. The number of hydrogen-bond donors (Lipinski definition) is 1. The van der Waals surface area contributed by atoms with E-state index in [4.69, 9.17) is 4.42 Å². The lowest BCUT2D eigenvalue weighted by Gasteiger charge is -2.40. The fraction of sp³-hybridized carbons (Fsp3) is 0.538. The number of carboxylic acids is 1. The molecule has 1 N–H and O–H groups in total. The van der Waals surface area contributed by atoms with E-state index >= 15 is 0 Å². The maximum Gasteiger partial charge on any atom is 0.309 e. The molecule has 0 radical (unpaired) electrons. The molecule has 1 aliphatic rings. The highest BCUT2D eigenvalue weighted by Gasteiger charge is 2.43. The number of likely N-dealkylation sites (tertiary alicyclic amines) is 1. The van der Waals surface area contributed by atoms with Crippen LogP contribution >= 0.6 is 15.9 Å². The molecular formula is C13H16BrNO4. The van der Waals surface area contributed by atoms with E-state index in [-0.39, 0.29) is 18.4 Å². The first-order valence-corrected chi connectivity index (χ1v) is 7.00. The summed E-state index contributed by atoms with van der Waals surface area (Å²) in [6.07, 6.45) is 0.619. The zero-order valence-electron chi connectivity index (χ0n) is 10.8. The van der Waals surface area contributed by atoms with Gasteiger partial charge < -0.3 is 14.4 Å². The minimum atomic E-state index is -0.893. The summed E-state index contributed by atoms with van der Waals surface area (Å²) in [4.78, 5) is 25.1. The van der Waals surface area contributed by atoms with Crippen LogP contribution in [-0.2, 0) is 9.59 Å². The minimum absolute atomic E-state index is 0.0231. The Balaban J connectivity index is 2.43. The van der Waals surface area contributed by atoms with Crippen LogP contribution in [0.3, 0.4) is 0 Å². The summed E-state index contributed by atoms with van der Waals surface area (Å²) in [5.74, 6) is -1.03. The second-order valence-electron chi connectivity index (χ2n) is 4.96. The molecule has 0 spiro atoms. The van der Waals surface area contributed by atoms with Crippen LogP contribution < -0.4 is 0 Å². The third-order valence-corrected chi connectivity index (χ3v) is 3.82. The van der Waals surface area contributed by atoms with Gasteiger partial charge in [0.2, 0.25) is 5.91 Å². The van der Waals surface area contributed by atoms with E-state index in [1.807, 2.05) is 13.8 Å². The van der Waals surface area contributed by atoms with Crippen molar-refractivity contribution < 1.29 is 19.1 Å². The Morgan fingerprint density at radius 2 is 2.21 bits per heavy atom. The molecule has 6 heteroatoms. The molecule has 2 heterocycles. The zero-order chi connectivity index (χ0) is 14.2. The first-order chi connectivity index (χ1) is 8.91. The van der Waals surface area contributed by atoms with Gasteiger partial charge in [-0.25, -0.2) is 0 Å². The number of carboxylic acid groups (broad SMARTS) is 1. The van der Waals surface area contributed by atoms with Crippen molar-refractivity contribution in [3.05, 3.63) is 22.6 Å². The third-order valence-electron chi connectivity index (χ3n) is 3.40. The molecular weight excluding hydrogens is 314 g/mol. The molecule has 1 fully saturated rings. The molecule has 19 heavy (non-hydrogen) atoms. The maximum atomic E-state index is 12.1. The largest absolute Gasteiger partial charge is 0.481 e. The van der Waals surface area contributed by atoms with Crippen molar-refractivity contribution >= 4 is 27.8 Å². The molecule has 1 aromatic heterocycles. The number of furan rings is 1. The number of halogens is 1. The van der Waals surface area contributed by atoms with Crippen molar-refractivity contribution in [1.29, 1.82) is 0 Å². The van der Waals surface area contributed by atoms with Gasteiger partial charge in [-0.1, -0.05) is 0 Å². The van der Waals surface area contributed by atoms with Gasteiger partial charge in [-0.05, 0) is 48.3 Å². The quantitative estimate of drug-likeness (QED) is 0.925. The second kappa shape index (κ2) is 5.36. The number of nitrogens with zero attached hydrogens (tertiary/aromatic N) is 1. The Bertz CT molecular complexity index is 497. The molecule has 0 bridgehead atoms. The van der Waals surface area contributed by atoms with Gasteiger partial charge in [0.15, 0.2) is 4.67 Å². The first-order valence-electron chi connectivity index (χ1n) is 6.21. The monoisotopic (exact) mass is 329 g/mol. The van der Waals surface area contributed by atoms with Crippen molar-refractivity contribution in [3.8, 4) is 0 Å². The van der Waals surface area contributed by atoms with Crippen LogP contribution in [0.2, 0.25) is 0 Å². The van der Waals surface area contributed by atoms with E-state index in [0.29, 0.717) is 16.9 Å². The molecule has 104 valence electrons.